The molecular weight excluding hydrogens is 190 g/mol. The lowest BCUT2D eigenvalue weighted by Crippen LogP contribution is -1.82. The Morgan fingerprint density at radius 1 is 1.47 bits per heavy atom. The number of rotatable bonds is 4. The van der Waals surface area contributed by atoms with Gasteiger partial charge in [0.05, 0.1) is 6.61 Å². The smallest absolute Gasteiger partial charge is 0.195 e. The second kappa shape index (κ2) is 4.28. The van der Waals surface area contributed by atoms with Crippen LogP contribution in [0.2, 0.25) is 0 Å². The zero-order chi connectivity index (χ0) is 10.7. The van der Waals surface area contributed by atoms with Gasteiger partial charge in [-0.3, -0.25) is 0 Å². The van der Waals surface area contributed by atoms with Gasteiger partial charge in [0.15, 0.2) is 11.5 Å². The van der Waals surface area contributed by atoms with Crippen molar-refractivity contribution in [3.05, 3.63) is 42.3 Å². The quantitative estimate of drug-likeness (QED) is 0.776. The average molecular weight is 203 g/mol. The van der Waals surface area contributed by atoms with Crippen LogP contribution in [0.3, 0.4) is 0 Å². The van der Waals surface area contributed by atoms with E-state index in [-0.39, 0.29) is 6.61 Å². The maximum absolute atomic E-state index is 8.97. The van der Waals surface area contributed by atoms with Gasteiger partial charge in [-0.15, -0.1) is 6.58 Å². The molecule has 0 bridgehead atoms. The van der Waals surface area contributed by atoms with E-state index >= 15 is 0 Å². The first-order valence-corrected chi connectivity index (χ1v) is 4.93. The number of hydrogen-bond donors (Lipinski definition) is 1. The van der Waals surface area contributed by atoms with E-state index in [0.717, 1.165) is 35.4 Å². The summed E-state index contributed by atoms with van der Waals surface area (Å²) in [5.74, 6) is 0.722. The third-order valence-corrected chi connectivity index (χ3v) is 2.24. The molecule has 3 heteroatoms. The van der Waals surface area contributed by atoms with Gasteiger partial charge >= 0.3 is 0 Å². The van der Waals surface area contributed by atoms with E-state index in [1.54, 1.807) is 0 Å². The number of aryl methyl sites for hydroxylation is 1. The number of fused-ring (bicyclic) bond motifs is 1. The summed E-state index contributed by atoms with van der Waals surface area (Å²) < 4.78 is 5.53. The van der Waals surface area contributed by atoms with Gasteiger partial charge < -0.3 is 9.52 Å². The highest BCUT2D eigenvalue weighted by Crippen LogP contribution is 2.18. The third-order valence-electron chi connectivity index (χ3n) is 2.24. The number of hydrogen-bond acceptors (Lipinski definition) is 3. The molecule has 0 unspecified atom stereocenters. The van der Waals surface area contributed by atoms with Crippen LogP contribution in [-0.4, -0.2) is 10.1 Å². The molecule has 0 fully saturated rings. The minimum atomic E-state index is 0.0325. The first-order chi connectivity index (χ1) is 7.33. The first-order valence-electron chi connectivity index (χ1n) is 4.93. The Labute approximate surface area is 88.1 Å². The van der Waals surface area contributed by atoms with Crippen LogP contribution in [0.4, 0.5) is 0 Å². The summed E-state index contributed by atoms with van der Waals surface area (Å²) in [7, 11) is 0. The van der Waals surface area contributed by atoms with Crippen molar-refractivity contribution in [1.82, 2.24) is 4.98 Å². The van der Waals surface area contributed by atoms with Gasteiger partial charge in [0, 0.05) is 6.42 Å². The van der Waals surface area contributed by atoms with Gasteiger partial charge in [0.1, 0.15) is 5.52 Å². The number of allylic oxidation sites excluding steroid dienone is 1. The molecule has 0 spiro atoms. The maximum atomic E-state index is 8.97. The monoisotopic (exact) mass is 203 g/mol. The first kappa shape index (κ1) is 9.93. The molecule has 0 saturated heterocycles. The van der Waals surface area contributed by atoms with E-state index in [0.29, 0.717) is 0 Å². The predicted molar refractivity (Wildman–Crippen MR) is 58.4 cm³/mol. The maximum Gasteiger partial charge on any atom is 0.195 e. The molecule has 0 amide bonds. The van der Waals surface area contributed by atoms with Crippen LogP contribution in [0.5, 0.6) is 0 Å². The van der Waals surface area contributed by atoms with Gasteiger partial charge in [-0.05, 0) is 24.1 Å². The van der Waals surface area contributed by atoms with E-state index in [1.165, 1.54) is 0 Å². The highest BCUT2D eigenvalue weighted by atomic mass is 16.3. The van der Waals surface area contributed by atoms with Crippen molar-refractivity contribution < 1.29 is 9.52 Å². The summed E-state index contributed by atoms with van der Waals surface area (Å²) in [5, 5.41) is 8.97. The fraction of sp³-hybridized carbons (Fsp3) is 0.250. The van der Waals surface area contributed by atoms with E-state index in [4.69, 9.17) is 9.52 Å². The van der Waals surface area contributed by atoms with Crippen molar-refractivity contribution in [2.24, 2.45) is 0 Å². The van der Waals surface area contributed by atoms with Gasteiger partial charge in [0.25, 0.3) is 0 Å². The molecule has 0 aliphatic rings. The van der Waals surface area contributed by atoms with Crippen molar-refractivity contribution in [3.8, 4) is 0 Å². The molecule has 2 rings (SSSR count). The minimum absolute atomic E-state index is 0.0325. The molecule has 1 heterocycles. The topological polar surface area (TPSA) is 46.3 Å². The standard InChI is InChI=1S/C12H13NO2/c1-2-3-4-12-13-10-7-9(8-14)5-6-11(10)15-12/h2,5-7,14H,1,3-4,8H2. The minimum Gasteiger partial charge on any atom is -0.441 e. The van der Waals surface area contributed by atoms with Crippen LogP contribution in [0.15, 0.2) is 35.3 Å². The highest BCUT2D eigenvalue weighted by molar-refractivity contribution is 5.73. The van der Waals surface area contributed by atoms with Crippen molar-refractivity contribution in [3.63, 3.8) is 0 Å². The predicted octanol–water partition coefficient (Wildman–Crippen LogP) is 2.44. The fourth-order valence-electron chi connectivity index (χ4n) is 1.45. The summed E-state index contributed by atoms with van der Waals surface area (Å²) in [6.07, 6.45) is 3.47. The number of oxazole rings is 1. The van der Waals surface area contributed by atoms with Crippen LogP contribution < -0.4 is 0 Å². The summed E-state index contributed by atoms with van der Waals surface area (Å²) in [4.78, 5) is 4.33. The van der Waals surface area contributed by atoms with E-state index < -0.39 is 0 Å². The zero-order valence-corrected chi connectivity index (χ0v) is 8.44. The number of aliphatic hydroxyl groups excluding tert-OH is 1. The van der Waals surface area contributed by atoms with Crippen molar-refractivity contribution in [1.29, 1.82) is 0 Å². The Balaban J connectivity index is 2.33. The lowest BCUT2D eigenvalue weighted by Gasteiger charge is -1.92. The van der Waals surface area contributed by atoms with Gasteiger partial charge in [-0.1, -0.05) is 12.1 Å². The summed E-state index contributed by atoms with van der Waals surface area (Å²) >= 11 is 0. The molecule has 1 N–H and O–H groups in total. The Kier molecular flexibility index (Phi) is 2.83. The Morgan fingerprint density at radius 2 is 2.33 bits per heavy atom. The van der Waals surface area contributed by atoms with Gasteiger partial charge in [-0.2, -0.15) is 0 Å². The molecule has 2 aromatic rings. The average Bonchev–Trinajstić information content (AvgIpc) is 2.67. The van der Waals surface area contributed by atoms with Crippen molar-refractivity contribution >= 4 is 11.1 Å². The van der Waals surface area contributed by atoms with Crippen LogP contribution in [0, 0.1) is 0 Å². The van der Waals surface area contributed by atoms with Crippen LogP contribution >= 0.6 is 0 Å². The van der Waals surface area contributed by atoms with Crippen molar-refractivity contribution in [2.45, 2.75) is 19.4 Å². The molecule has 1 aromatic heterocycles. The molecule has 1 aromatic carbocycles. The number of nitrogens with zero attached hydrogens (tertiary/aromatic N) is 1. The Morgan fingerprint density at radius 3 is 3.07 bits per heavy atom. The molecule has 3 nitrogen and oxygen atoms in total. The lowest BCUT2D eigenvalue weighted by atomic mass is 10.2. The summed E-state index contributed by atoms with van der Waals surface area (Å²) in [6.45, 7) is 3.69. The molecule has 0 radical (unpaired) electrons. The third kappa shape index (κ3) is 2.07. The van der Waals surface area contributed by atoms with E-state index in [2.05, 4.69) is 11.6 Å². The molecule has 0 saturated carbocycles. The lowest BCUT2D eigenvalue weighted by molar-refractivity contribution is 0.282. The van der Waals surface area contributed by atoms with Crippen LogP contribution in [0.1, 0.15) is 17.9 Å². The van der Waals surface area contributed by atoms with E-state index in [1.807, 2.05) is 24.3 Å². The van der Waals surface area contributed by atoms with E-state index in [9.17, 15) is 0 Å². The normalized spacial score (nSPS) is 10.7. The molecular formula is C12H13NO2. The Hall–Kier alpha value is -1.61. The number of aliphatic hydroxyl groups is 1. The molecule has 0 atom stereocenters. The van der Waals surface area contributed by atoms with Gasteiger partial charge in [0.2, 0.25) is 0 Å². The molecule has 78 valence electrons. The molecule has 15 heavy (non-hydrogen) atoms. The largest absolute Gasteiger partial charge is 0.441 e. The second-order valence-electron chi connectivity index (χ2n) is 3.40. The summed E-state index contributed by atoms with van der Waals surface area (Å²) in [5.41, 5.74) is 2.43. The second-order valence-corrected chi connectivity index (χ2v) is 3.40. The van der Waals surface area contributed by atoms with Crippen LogP contribution in [0.25, 0.3) is 11.1 Å². The Bertz CT molecular complexity index is 473. The van der Waals surface area contributed by atoms with Crippen LogP contribution in [-0.2, 0) is 13.0 Å². The number of aromatic nitrogens is 1. The summed E-state index contributed by atoms with van der Waals surface area (Å²) in [6, 6.07) is 5.52. The fourth-order valence-corrected chi connectivity index (χ4v) is 1.45. The molecule has 0 aliphatic carbocycles. The van der Waals surface area contributed by atoms with Gasteiger partial charge in [-0.25, -0.2) is 4.98 Å². The highest BCUT2D eigenvalue weighted by Gasteiger charge is 2.05. The molecule has 0 aliphatic heterocycles. The number of benzene rings is 1. The SMILES string of the molecule is C=CCCc1nc2cc(CO)ccc2o1. The zero-order valence-electron chi connectivity index (χ0n) is 8.44. The van der Waals surface area contributed by atoms with Crippen molar-refractivity contribution in [2.75, 3.05) is 0 Å².